The van der Waals surface area contributed by atoms with Crippen LogP contribution in [0.4, 0.5) is 0 Å². The first-order chi connectivity index (χ1) is 14.1. The van der Waals surface area contributed by atoms with Crippen LogP contribution in [-0.2, 0) is 20.8 Å². The lowest BCUT2D eigenvalue weighted by Crippen LogP contribution is -2.49. The quantitative estimate of drug-likeness (QED) is 0.557. The number of likely N-dealkylation sites (N-methyl/N-ethyl adjacent to an activating group) is 1. The molecule has 3 rings (SSSR count). The van der Waals surface area contributed by atoms with Crippen molar-refractivity contribution in [1.82, 2.24) is 15.1 Å². The lowest BCUT2D eigenvalue weighted by molar-refractivity contribution is -0.127. The first-order valence-electron chi connectivity index (χ1n) is 10.6. The van der Waals surface area contributed by atoms with Gasteiger partial charge in [-0.3, -0.25) is 4.79 Å². The second-order valence-electron chi connectivity index (χ2n) is 7.92. The molecule has 0 radical (unpaired) electrons. The molecule has 2 heterocycles. The van der Waals surface area contributed by atoms with Gasteiger partial charge in [0.15, 0.2) is 5.96 Å². The Bertz CT molecular complexity index is 651. The molecule has 29 heavy (non-hydrogen) atoms. The second kappa shape index (κ2) is 11.2. The van der Waals surface area contributed by atoms with Gasteiger partial charge in [0, 0.05) is 33.8 Å². The Kier molecular flexibility index (Phi) is 8.31. The highest BCUT2D eigenvalue weighted by atomic mass is 16.5. The molecule has 1 unspecified atom stereocenters. The van der Waals surface area contributed by atoms with E-state index >= 15 is 0 Å². The zero-order valence-electron chi connectivity index (χ0n) is 17.7. The smallest absolute Gasteiger partial charge is 0.241 e. The van der Waals surface area contributed by atoms with Gasteiger partial charge in [0.1, 0.15) is 0 Å². The van der Waals surface area contributed by atoms with Gasteiger partial charge in [0.05, 0.1) is 31.9 Å². The number of nitrogens with one attached hydrogen (secondary N) is 1. The summed E-state index contributed by atoms with van der Waals surface area (Å²) in [6, 6.07) is 10.2. The third-order valence-electron chi connectivity index (χ3n) is 5.43. The van der Waals surface area contributed by atoms with Crippen LogP contribution in [0.2, 0.25) is 0 Å². The minimum Gasteiger partial charge on any atom is -0.376 e. The van der Waals surface area contributed by atoms with Crippen LogP contribution in [0.25, 0.3) is 0 Å². The second-order valence-corrected chi connectivity index (χ2v) is 7.92. The van der Waals surface area contributed by atoms with Gasteiger partial charge < -0.3 is 24.6 Å². The topological polar surface area (TPSA) is 66.4 Å². The maximum atomic E-state index is 12.0. The zero-order chi connectivity index (χ0) is 20.5. The van der Waals surface area contributed by atoms with E-state index < -0.39 is 0 Å². The highest BCUT2D eigenvalue weighted by molar-refractivity contribution is 5.86. The summed E-state index contributed by atoms with van der Waals surface area (Å²) in [6.45, 7) is 4.14. The molecular weight excluding hydrogens is 368 g/mol. The fourth-order valence-electron chi connectivity index (χ4n) is 3.58. The number of piperidine rings is 1. The summed E-state index contributed by atoms with van der Waals surface area (Å²) in [7, 11) is 3.53. The molecule has 0 aliphatic carbocycles. The van der Waals surface area contributed by atoms with Gasteiger partial charge in [0.25, 0.3) is 0 Å². The number of aliphatic imine (C=N–C) groups is 1. The molecule has 1 amide bonds. The molecule has 2 aliphatic heterocycles. The van der Waals surface area contributed by atoms with Crippen LogP contribution in [0.5, 0.6) is 0 Å². The number of hydrogen-bond acceptors (Lipinski definition) is 4. The van der Waals surface area contributed by atoms with Crippen LogP contribution in [-0.4, -0.2) is 80.8 Å². The number of rotatable bonds is 7. The molecule has 0 aromatic heterocycles. The maximum absolute atomic E-state index is 12.0. The Morgan fingerprint density at radius 3 is 2.66 bits per heavy atom. The maximum Gasteiger partial charge on any atom is 0.241 e. The normalized spacial score (nSPS) is 20.7. The van der Waals surface area contributed by atoms with Gasteiger partial charge in [-0.25, -0.2) is 4.99 Å². The van der Waals surface area contributed by atoms with Gasteiger partial charge in [-0.15, -0.1) is 0 Å². The largest absolute Gasteiger partial charge is 0.376 e. The Morgan fingerprint density at radius 1 is 1.24 bits per heavy atom. The van der Waals surface area contributed by atoms with E-state index in [1.54, 1.807) is 19.0 Å². The fraction of sp³-hybridized carbons (Fsp3) is 0.636. The first kappa shape index (κ1) is 21.6. The van der Waals surface area contributed by atoms with Crippen LogP contribution in [0.3, 0.4) is 0 Å². The summed E-state index contributed by atoms with van der Waals surface area (Å²) in [5.41, 5.74) is 1.15. The van der Waals surface area contributed by atoms with E-state index in [-0.39, 0.29) is 24.7 Å². The van der Waals surface area contributed by atoms with E-state index in [1.165, 1.54) is 0 Å². The molecule has 160 valence electrons. The molecular formula is C22H34N4O3. The van der Waals surface area contributed by atoms with Gasteiger partial charge >= 0.3 is 0 Å². The van der Waals surface area contributed by atoms with Gasteiger partial charge in [-0.1, -0.05) is 30.3 Å². The molecule has 0 spiro atoms. The van der Waals surface area contributed by atoms with Crippen molar-refractivity contribution in [3.8, 4) is 0 Å². The standard InChI is InChI=1S/C22H34N4O3/c1-25(2)21(27)16-24-22(23-15-18-7-4-3-5-8-18)26-12-10-19(11-13-26)29-17-20-9-6-14-28-20/h3-5,7-8,19-20H,6,9-17H2,1-2H3,(H,23,24). The van der Waals surface area contributed by atoms with Gasteiger partial charge in [-0.2, -0.15) is 0 Å². The van der Waals surface area contributed by atoms with E-state index in [2.05, 4.69) is 22.3 Å². The molecule has 0 saturated carbocycles. The van der Waals surface area contributed by atoms with Crippen LogP contribution in [0.1, 0.15) is 31.2 Å². The Morgan fingerprint density at radius 2 is 2.00 bits per heavy atom. The van der Waals surface area contributed by atoms with Crippen molar-refractivity contribution in [2.24, 2.45) is 4.99 Å². The van der Waals surface area contributed by atoms with E-state index in [1.807, 2.05) is 18.2 Å². The summed E-state index contributed by atoms with van der Waals surface area (Å²) in [6.07, 6.45) is 4.72. The van der Waals surface area contributed by atoms with Crippen LogP contribution in [0.15, 0.2) is 35.3 Å². The molecule has 2 saturated heterocycles. The number of likely N-dealkylation sites (tertiary alicyclic amines) is 1. The Hall–Kier alpha value is -2.12. The van der Waals surface area contributed by atoms with E-state index in [9.17, 15) is 4.79 Å². The minimum atomic E-state index is 0.0344. The predicted octanol–water partition coefficient (Wildman–Crippen LogP) is 1.88. The Balaban J connectivity index is 1.53. The lowest BCUT2D eigenvalue weighted by Gasteiger charge is -2.34. The summed E-state index contributed by atoms with van der Waals surface area (Å²) in [4.78, 5) is 20.6. The van der Waals surface area contributed by atoms with Gasteiger partial charge in [-0.05, 0) is 31.2 Å². The number of guanidine groups is 1. The van der Waals surface area contributed by atoms with Gasteiger partial charge in [0.2, 0.25) is 5.91 Å². The molecule has 2 aliphatic rings. The summed E-state index contributed by atoms with van der Waals surface area (Å²) in [5, 5.41) is 3.26. The number of carbonyl (C=O) groups excluding carboxylic acids is 1. The SMILES string of the molecule is CN(C)C(=O)CNC(=NCc1ccccc1)N1CCC(OCC2CCCO2)CC1. The van der Waals surface area contributed by atoms with Crippen molar-refractivity contribution in [3.05, 3.63) is 35.9 Å². The van der Waals surface area contributed by atoms with Crippen molar-refractivity contribution in [2.75, 3.05) is 46.9 Å². The van der Waals surface area contributed by atoms with Crippen molar-refractivity contribution in [1.29, 1.82) is 0 Å². The molecule has 1 N–H and O–H groups in total. The molecule has 1 atom stereocenters. The zero-order valence-corrected chi connectivity index (χ0v) is 17.7. The summed E-state index contributed by atoms with van der Waals surface area (Å²) in [5.74, 6) is 0.828. The number of benzene rings is 1. The number of carbonyl (C=O) groups is 1. The minimum absolute atomic E-state index is 0.0344. The predicted molar refractivity (Wildman–Crippen MR) is 114 cm³/mol. The van der Waals surface area contributed by atoms with Crippen LogP contribution >= 0.6 is 0 Å². The van der Waals surface area contributed by atoms with E-state index in [4.69, 9.17) is 14.5 Å². The molecule has 7 heteroatoms. The monoisotopic (exact) mass is 402 g/mol. The van der Waals surface area contributed by atoms with Crippen molar-refractivity contribution < 1.29 is 14.3 Å². The summed E-state index contributed by atoms with van der Waals surface area (Å²) >= 11 is 0. The lowest BCUT2D eigenvalue weighted by atomic mass is 10.1. The third-order valence-corrected chi connectivity index (χ3v) is 5.43. The number of hydrogen-bond donors (Lipinski definition) is 1. The average molecular weight is 403 g/mol. The highest BCUT2D eigenvalue weighted by Crippen LogP contribution is 2.18. The number of amides is 1. The Labute approximate surface area is 174 Å². The number of nitrogens with zero attached hydrogens (tertiary/aromatic N) is 3. The first-order valence-corrected chi connectivity index (χ1v) is 10.6. The number of ether oxygens (including phenoxy) is 2. The van der Waals surface area contributed by atoms with Crippen LogP contribution < -0.4 is 5.32 Å². The molecule has 0 bridgehead atoms. The molecule has 1 aromatic rings. The summed E-state index contributed by atoms with van der Waals surface area (Å²) < 4.78 is 11.7. The molecule has 7 nitrogen and oxygen atoms in total. The van der Waals surface area contributed by atoms with E-state index in [0.717, 1.165) is 56.9 Å². The average Bonchev–Trinajstić information content (AvgIpc) is 3.27. The fourth-order valence-corrected chi connectivity index (χ4v) is 3.58. The molecule has 1 aromatic carbocycles. The van der Waals surface area contributed by atoms with Crippen molar-refractivity contribution >= 4 is 11.9 Å². The van der Waals surface area contributed by atoms with E-state index in [0.29, 0.717) is 13.2 Å². The van der Waals surface area contributed by atoms with Crippen molar-refractivity contribution in [3.63, 3.8) is 0 Å². The molecule has 2 fully saturated rings. The third kappa shape index (κ3) is 7.01. The van der Waals surface area contributed by atoms with Crippen LogP contribution in [0, 0.1) is 0 Å². The highest BCUT2D eigenvalue weighted by Gasteiger charge is 2.24. The van der Waals surface area contributed by atoms with Crippen molar-refractivity contribution in [2.45, 2.75) is 44.4 Å².